The van der Waals surface area contributed by atoms with E-state index >= 15 is 0 Å². The molecule has 10 heavy (non-hydrogen) atoms. The number of phenolic OH excluding ortho intramolecular Hbond substituents is 1. The second-order valence-electron chi connectivity index (χ2n) is 1.67. The third-order valence-corrected chi connectivity index (χ3v) is 1.87. The molecule has 0 aliphatic carbocycles. The molecule has 0 radical (unpaired) electrons. The molecular formula is C7H9NaOS. The van der Waals surface area contributed by atoms with Gasteiger partial charge >= 0.3 is 29.6 Å². The number of hydrogen-bond acceptors (Lipinski definition) is 2. The van der Waals surface area contributed by atoms with E-state index in [1.54, 1.807) is 17.8 Å². The zero-order valence-corrected chi connectivity index (χ0v) is 5.98. The van der Waals surface area contributed by atoms with Gasteiger partial charge in [0.2, 0.25) is 0 Å². The van der Waals surface area contributed by atoms with Gasteiger partial charge in [-0.15, -0.1) is 11.8 Å². The van der Waals surface area contributed by atoms with Crippen molar-refractivity contribution in [2.24, 2.45) is 0 Å². The minimum atomic E-state index is 0. The maximum atomic E-state index is 9.09. The minimum absolute atomic E-state index is 0. The number of thioether (sulfide) groups is 1. The van der Waals surface area contributed by atoms with Gasteiger partial charge in [-0.3, -0.25) is 0 Å². The molecule has 1 nitrogen and oxygen atoms in total. The average molecular weight is 164 g/mol. The van der Waals surface area contributed by atoms with Crippen molar-refractivity contribution in [2.75, 3.05) is 6.26 Å². The van der Waals surface area contributed by atoms with E-state index < -0.39 is 0 Å². The molecule has 0 aliphatic rings. The Hall–Kier alpha value is 0.370. The van der Waals surface area contributed by atoms with E-state index in [0.717, 1.165) is 4.90 Å². The first-order chi connectivity index (χ1) is 4.34. The normalized spacial score (nSPS) is 8.50. The molecule has 0 atom stereocenters. The number of hydrogen-bond donors (Lipinski definition) is 1. The Balaban J connectivity index is 0.000000810. The second kappa shape index (κ2) is 5.08. The van der Waals surface area contributed by atoms with E-state index in [-0.39, 0.29) is 29.6 Å². The Morgan fingerprint density at radius 3 is 2.30 bits per heavy atom. The van der Waals surface area contributed by atoms with Crippen molar-refractivity contribution < 1.29 is 5.11 Å². The van der Waals surface area contributed by atoms with Crippen LogP contribution in [0.3, 0.4) is 0 Å². The van der Waals surface area contributed by atoms with Crippen LogP contribution in [0.25, 0.3) is 0 Å². The molecule has 0 saturated carbocycles. The topological polar surface area (TPSA) is 20.2 Å². The van der Waals surface area contributed by atoms with Gasteiger partial charge in [0, 0.05) is 4.90 Å². The van der Waals surface area contributed by atoms with E-state index in [0.29, 0.717) is 5.75 Å². The third-order valence-electron chi connectivity index (χ3n) is 1.09. The van der Waals surface area contributed by atoms with Crippen LogP contribution in [0.5, 0.6) is 5.75 Å². The molecule has 3 heteroatoms. The monoisotopic (exact) mass is 164 g/mol. The predicted octanol–water partition coefficient (Wildman–Crippen LogP) is 1.47. The molecule has 0 amide bonds. The molecule has 0 spiro atoms. The Labute approximate surface area is 87.1 Å². The fraction of sp³-hybridized carbons (Fsp3) is 0.143. The summed E-state index contributed by atoms with van der Waals surface area (Å²) in [5.41, 5.74) is 0. The van der Waals surface area contributed by atoms with Crippen LogP contribution in [0.15, 0.2) is 29.2 Å². The van der Waals surface area contributed by atoms with Crippen LogP contribution in [-0.2, 0) is 0 Å². The molecule has 0 heterocycles. The standard InChI is InChI=1S/C7H8OS.Na.H/c1-9-7-5-3-2-4-6(7)8;;/h2-5,8H,1H3;;. The van der Waals surface area contributed by atoms with Crippen LogP contribution in [-0.4, -0.2) is 40.9 Å². The van der Waals surface area contributed by atoms with Gasteiger partial charge in [-0.05, 0) is 18.4 Å². The average Bonchev–Trinajstić information content (AvgIpc) is 1.89. The van der Waals surface area contributed by atoms with Crippen molar-refractivity contribution >= 4 is 41.3 Å². The first-order valence-electron chi connectivity index (χ1n) is 2.66. The molecule has 1 aromatic rings. The molecule has 0 saturated heterocycles. The fourth-order valence-electron chi connectivity index (χ4n) is 0.630. The zero-order valence-electron chi connectivity index (χ0n) is 5.16. The summed E-state index contributed by atoms with van der Waals surface area (Å²) in [4.78, 5) is 0.928. The Morgan fingerprint density at radius 2 is 1.90 bits per heavy atom. The second-order valence-corrected chi connectivity index (χ2v) is 2.52. The van der Waals surface area contributed by atoms with Crippen molar-refractivity contribution in [3.8, 4) is 5.75 Å². The number of rotatable bonds is 1. The van der Waals surface area contributed by atoms with Gasteiger partial charge in [-0.25, -0.2) is 0 Å². The van der Waals surface area contributed by atoms with E-state index in [1.165, 1.54) is 0 Å². The Morgan fingerprint density at radius 1 is 1.30 bits per heavy atom. The van der Waals surface area contributed by atoms with E-state index in [9.17, 15) is 0 Å². The number of benzene rings is 1. The van der Waals surface area contributed by atoms with Crippen LogP contribution >= 0.6 is 11.8 Å². The van der Waals surface area contributed by atoms with Gasteiger partial charge < -0.3 is 5.11 Å². The van der Waals surface area contributed by atoms with Crippen molar-refractivity contribution in [1.82, 2.24) is 0 Å². The molecule has 0 aromatic heterocycles. The van der Waals surface area contributed by atoms with Crippen molar-refractivity contribution in [1.29, 1.82) is 0 Å². The van der Waals surface area contributed by atoms with Crippen LogP contribution < -0.4 is 0 Å². The van der Waals surface area contributed by atoms with Crippen LogP contribution in [0.2, 0.25) is 0 Å². The molecule has 0 aliphatic heterocycles. The van der Waals surface area contributed by atoms with Gasteiger partial charge in [0.1, 0.15) is 5.75 Å². The number of phenols is 1. The molecule has 1 N–H and O–H groups in total. The molecule has 0 fully saturated rings. The summed E-state index contributed by atoms with van der Waals surface area (Å²) in [5.74, 6) is 0.366. The van der Waals surface area contributed by atoms with Crippen LogP contribution in [0, 0.1) is 0 Å². The van der Waals surface area contributed by atoms with Gasteiger partial charge in [-0.2, -0.15) is 0 Å². The summed E-state index contributed by atoms with van der Waals surface area (Å²) in [7, 11) is 0. The van der Waals surface area contributed by atoms with Crippen molar-refractivity contribution in [3.63, 3.8) is 0 Å². The first kappa shape index (κ1) is 10.4. The molecule has 1 rings (SSSR count). The third kappa shape index (κ3) is 2.54. The number of para-hydroxylation sites is 1. The Bertz CT molecular complexity index is 203. The maximum absolute atomic E-state index is 9.09. The van der Waals surface area contributed by atoms with Gasteiger partial charge in [-0.1, -0.05) is 12.1 Å². The Kier molecular flexibility index (Phi) is 5.27. The summed E-state index contributed by atoms with van der Waals surface area (Å²) in [6.45, 7) is 0. The van der Waals surface area contributed by atoms with Crippen molar-refractivity contribution in [2.45, 2.75) is 4.90 Å². The van der Waals surface area contributed by atoms with E-state index in [2.05, 4.69) is 0 Å². The van der Waals surface area contributed by atoms with E-state index in [4.69, 9.17) is 5.11 Å². The van der Waals surface area contributed by atoms with Gasteiger partial charge in [0.25, 0.3) is 0 Å². The van der Waals surface area contributed by atoms with Crippen LogP contribution in [0.1, 0.15) is 0 Å². The van der Waals surface area contributed by atoms with Gasteiger partial charge in [0.05, 0.1) is 0 Å². The van der Waals surface area contributed by atoms with Crippen LogP contribution in [0.4, 0.5) is 0 Å². The first-order valence-corrected chi connectivity index (χ1v) is 3.89. The summed E-state index contributed by atoms with van der Waals surface area (Å²) < 4.78 is 0. The summed E-state index contributed by atoms with van der Waals surface area (Å²) in [5, 5.41) is 9.09. The van der Waals surface area contributed by atoms with Crippen molar-refractivity contribution in [3.05, 3.63) is 24.3 Å². The molecule has 0 unspecified atom stereocenters. The molecule has 50 valence electrons. The summed E-state index contributed by atoms with van der Waals surface area (Å²) in [6, 6.07) is 7.30. The summed E-state index contributed by atoms with van der Waals surface area (Å²) in [6.07, 6.45) is 1.94. The quantitative estimate of drug-likeness (QED) is 0.501. The van der Waals surface area contributed by atoms with E-state index in [1.807, 2.05) is 24.5 Å². The molecule has 0 bridgehead atoms. The predicted molar refractivity (Wildman–Crippen MR) is 47.0 cm³/mol. The number of aromatic hydroxyl groups is 1. The fourth-order valence-corrected chi connectivity index (χ4v) is 1.12. The SMILES string of the molecule is CSc1ccccc1O.[NaH]. The molecule has 1 aromatic carbocycles. The zero-order chi connectivity index (χ0) is 6.69. The molecular weight excluding hydrogens is 155 g/mol. The summed E-state index contributed by atoms with van der Waals surface area (Å²) >= 11 is 1.55. The van der Waals surface area contributed by atoms with Gasteiger partial charge in [0.15, 0.2) is 0 Å².